The minimum absolute atomic E-state index is 0.114. The Morgan fingerprint density at radius 2 is 2.06 bits per heavy atom. The largest absolute Gasteiger partial charge is 0.354 e. The molecule has 3 rings (SSSR count). The number of hydrogen-bond acceptors (Lipinski definition) is 2. The van der Waals surface area contributed by atoms with Gasteiger partial charge in [0, 0.05) is 35.0 Å². The zero-order valence-electron chi connectivity index (χ0n) is 10.2. The maximum absolute atomic E-state index is 11.1. The lowest BCUT2D eigenvalue weighted by atomic mass is 10.1. The number of anilines is 1. The Morgan fingerprint density at radius 3 is 2.83 bits per heavy atom. The van der Waals surface area contributed by atoms with Crippen molar-refractivity contribution in [2.24, 2.45) is 0 Å². The minimum atomic E-state index is -0.114. The van der Waals surface area contributed by atoms with Gasteiger partial charge in [-0.05, 0) is 13.0 Å². The average molecular weight is 239 g/mol. The molecule has 0 saturated carbocycles. The number of nitrogens with one attached hydrogen (secondary N) is 2. The molecule has 90 valence electrons. The minimum Gasteiger partial charge on any atom is -0.354 e. The Morgan fingerprint density at radius 1 is 1.28 bits per heavy atom. The van der Waals surface area contributed by atoms with Gasteiger partial charge in [-0.2, -0.15) is 0 Å². The molecule has 2 aromatic heterocycles. The second-order valence-corrected chi connectivity index (χ2v) is 4.37. The van der Waals surface area contributed by atoms with Gasteiger partial charge in [-0.25, -0.2) is 4.98 Å². The van der Waals surface area contributed by atoms with Crippen LogP contribution in [-0.2, 0) is 4.79 Å². The molecule has 0 spiro atoms. The molecule has 3 aromatic rings. The van der Waals surface area contributed by atoms with Crippen molar-refractivity contribution < 1.29 is 4.79 Å². The summed E-state index contributed by atoms with van der Waals surface area (Å²) in [6.45, 7) is 3.43. The van der Waals surface area contributed by atoms with Crippen molar-refractivity contribution in [3.05, 3.63) is 36.0 Å². The van der Waals surface area contributed by atoms with Crippen LogP contribution in [0.1, 0.15) is 12.6 Å². The molecule has 4 heteroatoms. The summed E-state index contributed by atoms with van der Waals surface area (Å²) >= 11 is 0. The monoisotopic (exact) mass is 239 g/mol. The molecule has 0 aliphatic carbocycles. The summed E-state index contributed by atoms with van der Waals surface area (Å²) in [7, 11) is 0. The second-order valence-electron chi connectivity index (χ2n) is 4.37. The predicted octanol–water partition coefficient (Wildman–Crippen LogP) is 2.98. The molecular weight excluding hydrogens is 226 g/mol. The van der Waals surface area contributed by atoms with E-state index < -0.39 is 0 Å². The van der Waals surface area contributed by atoms with Gasteiger partial charge in [-0.1, -0.05) is 18.2 Å². The van der Waals surface area contributed by atoms with Gasteiger partial charge in [0.25, 0.3) is 0 Å². The van der Waals surface area contributed by atoms with Gasteiger partial charge >= 0.3 is 0 Å². The van der Waals surface area contributed by atoms with Crippen molar-refractivity contribution in [3.63, 3.8) is 0 Å². The van der Waals surface area contributed by atoms with Crippen LogP contribution in [-0.4, -0.2) is 15.9 Å². The highest BCUT2D eigenvalue weighted by atomic mass is 16.1. The molecule has 1 amide bonds. The number of para-hydroxylation sites is 1. The van der Waals surface area contributed by atoms with Crippen molar-refractivity contribution in [1.29, 1.82) is 0 Å². The molecule has 0 radical (unpaired) electrons. The van der Waals surface area contributed by atoms with Gasteiger partial charge in [-0.15, -0.1) is 0 Å². The third kappa shape index (κ3) is 1.62. The zero-order chi connectivity index (χ0) is 12.7. The van der Waals surface area contributed by atoms with Gasteiger partial charge in [0.1, 0.15) is 5.82 Å². The molecule has 1 aromatic carbocycles. The molecule has 0 atom stereocenters. The molecule has 2 heterocycles. The molecule has 2 N–H and O–H groups in total. The van der Waals surface area contributed by atoms with E-state index in [9.17, 15) is 4.79 Å². The van der Waals surface area contributed by atoms with E-state index in [2.05, 4.69) is 21.4 Å². The number of rotatable bonds is 1. The number of aryl methyl sites for hydroxylation is 1. The standard InChI is InChI=1S/C14H13N3O/c1-8-14-10-5-3-4-6-11(10)17-12(14)7-13(15-8)16-9(2)18/h3-7,17H,1-2H3,(H,15,16,18). The summed E-state index contributed by atoms with van der Waals surface area (Å²) in [4.78, 5) is 18.8. The zero-order valence-corrected chi connectivity index (χ0v) is 10.2. The number of fused-ring (bicyclic) bond motifs is 3. The number of carbonyl (C=O) groups is 1. The van der Waals surface area contributed by atoms with Gasteiger partial charge in [-0.3, -0.25) is 4.79 Å². The first-order chi connectivity index (χ1) is 8.65. The van der Waals surface area contributed by atoms with Gasteiger partial charge in [0.05, 0.1) is 5.52 Å². The number of hydrogen-bond donors (Lipinski definition) is 2. The number of carbonyl (C=O) groups excluding carboxylic acids is 1. The molecule has 0 bridgehead atoms. The molecule has 18 heavy (non-hydrogen) atoms. The molecule has 0 aliphatic rings. The van der Waals surface area contributed by atoms with Crippen LogP contribution in [0.2, 0.25) is 0 Å². The SMILES string of the molecule is CC(=O)Nc1cc2[nH]c3ccccc3c2c(C)n1. The highest BCUT2D eigenvalue weighted by molar-refractivity contribution is 6.09. The number of pyridine rings is 1. The van der Waals surface area contributed by atoms with Crippen LogP contribution in [0.15, 0.2) is 30.3 Å². The van der Waals surface area contributed by atoms with Crippen molar-refractivity contribution in [1.82, 2.24) is 9.97 Å². The third-order valence-electron chi connectivity index (χ3n) is 2.97. The highest BCUT2D eigenvalue weighted by Crippen LogP contribution is 2.28. The molecular formula is C14H13N3O. The Hall–Kier alpha value is -2.36. The first kappa shape index (κ1) is 10.8. The molecule has 0 fully saturated rings. The number of nitrogens with zero attached hydrogens (tertiary/aromatic N) is 1. The Kier molecular flexibility index (Phi) is 2.30. The van der Waals surface area contributed by atoms with E-state index in [0.717, 1.165) is 27.5 Å². The van der Waals surface area contributed by atoms with Crippen LogP contribution < -0.4 is 5.32 Å². The van der Waals surface area contributed by atoms with Crippen molar-refractivity contribution in [3.8, 4) is 0 Å². The van der Waals surface area contributed by atoms with Gasteiger partial charge < -0.3 is 10.3 Å². The van der Waals surface area contributed by atoms with E-state index in [1.807, 2.05) is 31.2 Å². The fourth-order valence-electron chi connectivity index (χ4n) is 2.31. The number of aromatic nitrogens is 2. The lowest BCUT2D eigenvalue weighted by molar-refractivity contribution is -0.114. The fourth-order valence-corrected chi connectivity index (χ4v) is 2.31. The topological polar surface area (TPSA) is 57.8 Å². The van der Waals surface area contributed by atoms with Crippen LogP contribution in [0.4, 0.5) is 5.82 Å². The number of amides is 1. The summed E-state index contributed by atoms with van der Waals surface area (Å²) in [5.74, 6) is 0.469. The van der Waals surface area contributed by atoms with E-state index in [0.29, 0.717) is 5.82 Å². The summed E-state index contributed by atoms with van der Waals surface area (Å²) in [6.07, 6.45) is 0. The summed E-state index contributed by atoms with van der Waals surface area (Å²) < 4.78 is 0. The highest BCUT2D eigenvalue weighted by Gasteiger charge is 2.09. The van der Waals surface area contributed by atoms with Crippen molar-refractivity contribution >= 4 is 33.5 Å². The van der Waals surface area contributed by atoms with Crippen molar-refractivity contribution in [2.75, 3.05) is 5.32 Å². The molecule has 0 unspecified atom stereocenters. The first-order valence-corrected chi connectivity index (χ1v) is 5.81. The van der Waals surface area contributed by atoms with E-state index in [4.69, 9.17) is 0 Å². The van der Waals surface area contributed by atoms with E-state index in [1.54, 1.807) is 0 Å². The maximum Gasteiger partial charge on any atom is 0.222 e. The average Bonchev–Trinajstić information content (AvgIpc) is 2.66. The third-order valence-corrected chi connectivity index (χ3v) is 2.97. The van der Waals surface area contributed by atoms with Crippen LogP contribution in [0.25, 0.3) is 21.8 Å². The Balaban J connectivity index is 2.31. The van der Waals surface area contributed by atoms with Crippen LogP contribution >= 0.6 is 0 Å². The smallest absolute Gasteiger partial charge is 0.222 e. The lowest BCUT2D eigenvalue weighted by Crippen LogP contribution is -2.07. The number of aromatic amines is 1. The molecule has 0 aliphatic heterocycles. The first-order valence-electron chi connectivity index (χ1n) is 5.81. The van der Waals surface area contributed by atoms with Gasteiger partial charge in [0.2, 0.25) is 5.91 Å². The van der Waals surface area contributed by atoms with E-state index in [-0.39, 0.29) is 5.91 Å². The summed E-state index contributed by atoms with van der Waals surface area (Å²) in [5, 5.41) is 4.98. The van der Waals surface area contributed by atoms with Crippen LogP contribution in [0, 0.1) is 6.92 Å². The van der Waals surface area contributed by atoms with E-state index in [1.165, 1.54) is 6.92 Å². The summed E-state index contributed by atoms with van der Waals surface area (Å²) in [6, 6.07) is 9.98. The number of H-pyrrole nitrogens is 1. The molecule has 4 nitrogen and oxygen atoms in total. The Labute approximate surface area is 104 Å². The maximum atomic E-state index is 11.1. The molecule has 0 saturated heterocycles. The fraction of sp³-hybridized carbons (Fsp3) is 0.143. The normalized spacial score (nSPS) is 11.0. The quantitative estimate of drug-likeness (QED) is 0.685. The van der Waals surface area contributed by atoms with Crippen molar-refractivity contribution in [2.45, 2.75) is 13.8 Å². The second kappa shape index (κ2) is 3.84. The van der Waals surface area contributed by atoms with Crippen LogP contribution in [0.3, 0.4) is 0 Å². The number of benzene rings is 1. The lowest BCUT2D eigenvalue weighted by Gasteiger charge is -2.03. The predicted molar refractivity (Wildman–Crippen MR) is 72.6 cm³/mol. The van der Waals surface area contributed by atoms with Gasteiger partial charge in [0.15, 0.2) is 0 Å². The van der Waals surface area contributed by atoms with Crippen LogP contribution in [0.5, 0.6) is 0 Å². The Bertz CT molecular complexity index is 758. The summed E-state index contributed by atoms with van der Waals surface area (Å²) in [5.41, 5.74) is 2.98. The van der Waals surface area contributed by atoms with E-state index >= 15 is 0 Å².